The second-order valence-corrected chi connectivity index (χ2v) is 3.45. The zero-order valence-corrected chi connectivity index (χ0v) is 8.81. The van der Waals surface area contributed by atoms with Crippen LogP contribution in [0, 0.1) is 0 Å². The summed E-state index contributed by atoms with van der Waals surface area (Å²) in [6.07, 6.45) is -2.58. The number of rotatable bonds is 4. The summed E-state index contributed by atoms with van der Waals surface area (Å²) in [4.78, 5) is 7.22. The number of hydrogen-bond acceptors (Lipinski definition) is 3. The first-order chi connectivity index (χ1) is 6.92. The molecule has 0 aliphatic rings. The van der Waals surface area contributed by atoms with E-state index in [0.717, 1.165) is 6.33 Å². The predicted molar refractivity (Wildman–Crippen MR) is 49.2 cm³/mol. The Labute approximate surface area is 91.0 Å². The number of anilines is 1. The van der Waals surface area contributed by atoms with E-state index in [9.17, 15) is 17.6 Å². The van der Waals surface area contributed by atoms with Gasteiger partial charge in [0.05, 0.1) is 6.54 Å². The minimum atomic E-state index is -4.07. The van der Waals surface area contributed by atoms with E-state index in [-0.39, 0.29) is 5.82 Å². The molecule has 1 rings (SSSR count). The normalized spacial score (nSPS) is 11.9. The van der Waals surface area contributed by atoms with Crippen LogP contribution in [0.4, 0.5) is 23.4 Å². The number of nitrogens with zero attached hydrogens (tertiary/aromatic N) is 2. The van der Waals surface area contributed by atoms with Crippen LogP contribution in [-0.4, -0.2) is 28.9 Å². The first kappa shape index (κ1) is 12.2. The van der Waals surface area contributed by atoms with E-state index >= 15 is 0 Å². The van der Waals surface area contributed by atoms with Gasteiger partial charge in [0.1, 0.15) is 16.7 Å². The molecule has 84 valence electrons. The molecule has 1 aromatic heterocycles. The van der Waals surface area contributed by atoms with Crippen LogP contribution < -0.4 is 5.32 Å². The molecule has 1 heterocycles. The maximum atomic E-state index is 12.5. The Morgan fingerprint density at radius 1 is 1.40 bits per heavy atom. The van der Waals surface area contributed by atoms with Crippen molar-refractivity contribution in [1.29, 1.82) is 0 Å². The van der Waals surface area contributed by atoms with Crippen LogP contribution in [0.15, 0.2) is 17.0 Å². The minimum Gasteiger partial charge on any atom is -0.364 e. The van der Waals surface area contributed by atoms with Crippen LogP contribution in [-0.2, 0) is 0 Å². The van der Waals surface area contributed by atoms with Crippen molar-refractivity contribution in [3.05, 3.63) is 17.0 Å². The van der Waals surface area contributed by atoms with Crippen molar-refractivity contribution in [2.24, 2.45) is 0 Å². The lowest BCUT2D eigenvalue weighted by Gasteiger charge is -2.15. The summed E-state index contributed by atoms with van der Waals surface area (Å²) in [6.45, 7) is -1.17. The van der Waals surface area contributed by atoms with Gasteiger partial charge in [-0.05, 0) is 15.9 Å². The summed E-state index contributed by atoms with van der Waals surface area (Å²) >= 11 is 2.98. The van der Waals surface area contributed by atoms with Crippen molar-refractivity contribution in [2.45, 2.75) is 12.3 Å². The lowest BCUT2D eigenvalue weighted by molar-refractivity contribution is -0.117. The summed E-state index contributed by atoms with van der Waals surface area (Å²) in [7, 11) is 0. The van der Waals surface area contributed by atoms with Crippen molar-refractivity contribution in [3.8, 4) is 0 Å². The zero-order chi connectivity index (χ0) is 11.5. The number of halogens is 5. The number of aromatic nitrogens is 2. The van der Waals surface area contributed by atoms with Gasteiger partial charge in [0, 0.05) is 6.07 Å². The molecular weight excluding hydrogens is 282 g/mol. The largest absolute Gasteiger partial charge is 0.364 e. The van der Waals surface area contributed by atoms with E-state index in [1.807, 2.05) is 0 Å². The van der Waals surface area contributed by atoms with Crippen molar-refractivity contribution in [2.75, 3.05) is 11.9 Å². The number of hydrogen-bond donors (Lipinski definition) is 1. The summed E-state index contributed by atoms with van der Waals surface area (Å²) in [6, 6.07) is 1.31. The fraction of sp³-hybridized carbons (Fsp3) is 0.429. The Morgan fingerprint density at radius 3 is 2.60 bits per heavy atom. The molecule has 0 aliphatic heterocycles. The third kappa shape index (κ3) is 3.61. The van der Waals surface area contributed by atoms with E-state index in [2.05, 4.69) is 31.2 Å². The van der Waals surface area contributed by atoms with Gasteiger partial charge < -0.3 is 5.32 Å². The average Bonchev–Trinajstić information content (AvgIpc) is 2.15. The van der Waals surface area contributed by atoms with Crippen molar-refractivity contribution >= 4 is 21.7 Å². The van der Waals surface area contributed by atoms with Gasteiger partial charge in [-0.1, -0.05) is 0 Å². The molecule has 0 aliphatic carbocycles. The van der Waals surface area contributed by atoms with Gasteiger partial charge in [-0.3, -0.25) is 0 Å². The maximum absolute atomic E-state index is 12.5. The summed E-state index contributed by atoms with van der Waals surface area (Å²) in [5.74, 6) is -4.02. The van der Waals surface area contributed by atoms with Crippen LogP contribution in [0.1, 0.15) is 0 Å². The lowest BCUT2D eigenvalue weighted by atomic mass is 10.3. The van der Waals surface area contributed by atoms with E-state index in [1.54, 1.807) is 0 Å². The van der Waals surface area contributed by atoms with E-state index < -0.39 is 18.9 Å². The van der Waals surface area contributed by atoms with Gasteiger partial charge >= 0.3 is 12.3 Å². The molecule has 0 spiro atoms. The number of alkyl halides is 4. The van der Waals surface area contributed by atoms with E-state index in [0.29, 0.717) is 4.60 Å². The summed E-state index contributed by atoms with van der Waals surface area (Å²) in [5.41, 5.74) is 0. The van der Waals surface area contributed by atoms with Gasteiger partial charge in [-0.2, -0.15) is 8.78 Å². The van der Waals surface area contributed by atoms with E-state index in [1.165, 1.54) is 6.07 Å². The number of nitrogens with one attached hydrogen (secondary N) is 1. The van der Waals surface area contributed by atoms with Crippen LogP contribution in [0.2, 0.25) is 0 Å². The summed E-state index contributed by atoms with van der Waals surface area (Å²) < 4.78 is 48.8. The highest BCUT2D eigenvalue weighted by Crippen LogP contribution is 2.23. The van der Waals surface area contributed by atoms with E-state index in [4.69, 9.17) is 0 Å². The lowest BCUT2D eigenvalue weighted by Crippen LogP contribution is -2.35. The molecule has 15 heavy (non-hydrogen) atoms. The second kappa shape index (κ2) is 4.73. The fourth-order valence-electron chi connectivity index (χ4n) is 0.716. The van der Waals surface area contributed by atoms with Crippen LogP contribution in [0.25, 0.3) is 0 Å². The Hall–Kier alpha value is -0.920. The maximum Gasteiger partial charge on any atom is 0.324 e. The second-order valence-electron chi connectivity index (χ2n) is 2.64. The van der Waals surface area contributed by atoms with Crippen LogP contribution >= 0.6 is 15.9 Å². The third-order valence-corrected chi connectivity index (χ3v) is 1.89. The third-order valence-electron chi connectivity index (χ3n) is 1.46. The molecule has 1 aromatic rings. The molecule has 0 aromatic carbocycles. The molecule has 0 radical (unpaired) electrons. The summed E-state index contributed by atoms with van der Waals surface area (Å²) in [5, 5.41) is 2.10. The standard InChI is InChI=1S/C7H6BrF4N3/c8-4-1-5(15-3-14-4)13-2-7(11,12)6(9)10/h1,3,6H,2H2,(H,13,14,15). The van der Waals surface area contributed by atoms with Gasteiger partial charge in [-0.25, -0.2) is 18.7 Å². The van der Waals surface area contributed by atoms with Crippen LogP contribution in [0.5, 0.6) is 0 Å². The highest BCUT2D eigenvalue weighted by Gasteiger charge is 2.40. The van der Waals surface area contributed by atoms with Gasteiger partial charge in [0.15, 0.2) is 0 Å². The van der Waals surface area contributed by atoms with Gasteiger partial charge in [0.25, 0.3) is 0 Å². The molecule has 0 unspecified atom stereocenters. The predicted octanol–water partition coefficient (Wildman–Crippen LogP) is 2.55. The SMILES string of the molecule is FC(F)C(F)(F)CNc1cc(Br)ncn1. The highest BCUT2D eigenvalue weighted by atomic mass is 79.9. The zero-order valence-electron chi connectivity index (χ0n) is 7.22. The average molecular weight is 288 g/mol. The Bertz CT molecular complexity index is 334. The van der Waals surface area contributed by atoms with Crippen LogP contribution in [0.3, 0.4) is 0 Å². The molecule has 0 bridgehead atoms. The molecule has 0 fully saturated rings. The molecule has 0 atom stereocenters. The highest BCUT2D eigenvalue weighted by molar-refractivity contribution is 9.10. The monoisotopic (exact) mass is 287 g/mol. The Kier molecular flexibility index (Phi) is 3.83. The molecule has 8 heteroatoms. The Morgan fingerprint density at radius 2 is 2.07 bits per heavy atom. The molecule has 3 nitrogen and oxygen atoms in total. The molecule has 1 N–H and O–H groups in total. The van der Waals surface area contributed by atoms with Gasteiger partial charge in [0.2, 0.25) is 0 Å². The van der Waals surface area contributed by atoms with Crippen molar-refractivity contribution in [3.63, 3.8) is 0 Å². The minimum absolute atomic E-state index is 0.0530. The van der Waals surface area contributed by atoms with Crippen molar-refractivity contribution < 1.29 is 17.6 Å². The van der Waals surface area contributed by atoms with Crippen molar-refractivity contribution in [1.82, 2.24) is 9.97 Å². The van der Waals surface area contributed by atoms with Gasteiger partial charge in [-0.15, -0.1) is 0 Å². The first-order valence-corrected chi connectivity index (χ1v) is 4.58. The first-order valence-electron chi connectivity index (χ1n) is 3.79. The molecule has 0 saturated carbocycles. The molecular formula is C7H6BrF4N3. The molecule has 0 saturated heterocycles. The Balaban J connectivity index is 2.57. The fourth-order valence-corrected chi connectivity index (χ4v) is 1.02. The quantitative estimate of drug-likeness (QED) is 0.683. The smallest absolute Gasteiger partial charge is 0.324 e. The topological polar surface area (TPSA) is 37.8 Å². The molecule has 0 amide bonds.